The number of rotatable bonds is 7. The number of benzene rings is 1. The summed E-state index contributed by atoms with van der Waals surface area (Å²) in [6, 6.07) is 7.77. The topological polar surface area (TPSA) is 79.9 Å². The van der Waals surface area contributed by atoms with Crippen LogP contribution in [0.4, 0.5) is 0 Å². The Morgan fingerprint density at radius 1 is 1.38 bits per heavy atom. The standard InChI is InChI=1S/C15H19N3O2S/c1-20-14-8-12(2-3-13(14)15(16)18-19)9-17-6-4-11-5-7-21-10-11/h2-3,5,7-8,10,17,19H,4,6,9H2,1H3,(H2,16,18). The summed E-state index contributed by atoms with van der Waals surface area (Å²) in [6.07, 6.45) is 1.02. The molecule has 0 aliphatic heterocycles. The van der Waals surface area contributed by atoms with E-state index in [4.69, 9.17) is 15.7 Å². The maximum atomic E-state index is 8.74. The quantitative estimate of drug-likeness (QED) is 0.241. The van der Waals surface area contributed by atoms with Gasteiger partial charge in [-0.05, 0) is 53.1 Å². The summed E-state index contributed by atoms with van der Waals surface area (Å²) in [6.45, 7) is 1.66. The van der Waals surface area contributed by atoms with Crippen molar-refractivity contribution in [2.75, 3.05) is 13.7 Å². The third kappa shape index (κ3) is 4.21. The summed E-state index contributed by atoms with van der Waals surface area (Å²) < 4.78 is 5.28. The van der Waals surface area contributed by atoms with Gasteiger partial charge in [0.25, 0.3) is 0 Å². The van der Waals surface area contributed by atoms with Crippen LogP contribution in [0, 0.1) is 0 Å². The molecular weight excluding hydrogens is 286 g/mol. The van der Waals surface area contributed by atoms with Crippen LogP contribution in [0.15, 0.2) is 40.2 Å². The van der Waals surface area contributed by atoms with Crippen molar-refractivity contribution in [2.24, 2.45) is 10.9 Å². The summed E-state index contributed by atoms with van der Waals surface area (Å²) in [4.78, 5) is 0. The molecule has 2 aromatic rings. The average molecular weight is 305 g/mol. The van der Waals surface area contributed by atoms with Crippen LogP contribution in [0.1, 0.15) is 16.7 Å². The van der Waals surface area contributed by atoms with Gasteiger partial charge in [0.15, 0.2) is 5.84 Å². The number of oxime groups is 1. The van der Waals surface area contributed by atoms with Gasteiger partial charge in [-0.1, -0.05) is 11.2 Å². The van der Waals surface area contributed by atoms with Gasteiger partial charge in [-0.25, -0.2) is 0 Å². The van der Waals surface area contributed by atoms with Crippen molar-refractivity contribution in [2.45, 2.75) is 13.0 Å². The lowest BCUT2D eigenvalue weighted by Crippen LogP contribution is -2.18. The van der Waals surface area contributed by atoms with E-state index in [0.717, 1.165) is 25.1 Å². The van der Waals surface area contributed by atoms with Crippen LogP contribution in [0.2, 0.25) is 0 Å². The van der Waals surface area contributed by atoms with Crippen LogP contribution in [-0.2, 0) is 13.0 Å². The number of nitrogens with zero attached hydrogens (tertiary/aromatic N) is 1. The molecule has 21 heavy (non-hydrogen) atoms. The molecule has 0 saturated carbocycles. The molecule has 0 aliphatic rings. The van der Waals surface area contributed by atoms with Gasteiger partial charge in [-0.3, -0.25) is 0 Å². The van der Waals surface area contributed by atoms with Crippen LogP contribution < -0.4 is 15.8 Å². The molecule has 6 heteroatoms. The normalized spacial score (nSPS) is 11.6. The fraction of sp³-hybridized carbons (Fsp3) is 0.267. The van der Waals surface area contributed by atoms with Crippen LogP contribution >= 0.6 is 11.3 Å². The Hall–Kier alpha value is -2.05. The second-order valence-electron chi connectivity index (χ2n) is 4.58. The van der Waals surface area contributed by atoms with E-state index in [1.807, 2.05) is 12.1 Å². The Morgan fingerprint density at radius 3 is 2.90 bits per heavy atom. The first-order chi connectivity index (χ1) is 10.2. The van der Waals surface area contributed by atoms with Gasteiger partial charge in [0.05, 0.1) is 12.7 Å². The van der Waals surface area contributed by atoms with Crippen LogP contribution in [-0.4, -0.2) is 24.7 Å². The smallest absolute Gasteiger partial charge is 0.173 e. The fourth-order valence-corrected chi connectivity index (χ4v) is 2.71. The van der Waals surface area contributed by atoms with Gasteiger partial charge in [-0.2, -0.15) is 11.3 Å². The second-order valence-corrected chi connectivity index (χ2v) is 5.36. The van der Waals surface area contributed by atoms with E-state index in [9.17, 15) is 0 Å². The molecule has 0 radical (unpaired) electrons. The van der Waals surface area contributed by atoms with E-state index in [1.54, 1.807) is 24.5 Å². The molecule has 0 aliphatic carbocycles. The summed E-state index contributed by atoms with van der Waals surface area (Å²) in [5, 5.41) is 19.4. The maximum Gasteiger partial charge on any atom is 0.173 e. The van der Waals surface area contributed by atoms with Crippen LogP contribution in [0.3, 0.4) is 0 Å². The van der Waals surface area contributed by atoms with Crippen molar-refractivity contribution in [3.63, 3.8) is 0 Å². The zero-order chi connectivity index (χ0) is 15.1. The van der Waals surface area contributed by atoms with E-state index in [1.165, 1.54) is 5.56 Å². The lowest BCUT2D eigenvalue weighted by atomic mass is 10.1. The van der Waals surface area contributed by atoms with Crippen LogP contribution in [0.5, 0.6) is 5.75 Å². The number of nitrogens with one attached hydrogen (secondary N) is 1. The minimum Gasteiger partial charge on any atom is -0.496 e. The third-order valence-corrected chi connectivity index (χ3v) is 3.88. The van der Waals surface area contributed by atoms with Gasteiger partial charge in [0.1, 0.15) is 5.75 Å². The Kier molecular flexibility index (Phi) is 5.59. The third-order valence-electron chi connectivity index (χ3n) is 3.15. The minimum atomic E-state index is 0.0452. The molecule has 4 N–H and O–H groups in total. The molecule has 112 valence electrons. The summed E-state index contributed by atoms with van der Waals surface area (Å²) in [7, 11) is 1.57. The molecule has 0 bridgehead atoms. The van der Waals surface area contributed by atoms with Gasteiger partial charge in [0, 0.05) is 6.54 Å². The average Bonchev–Trinajstić information content (AvgIpc) is 3.04. The van der Waals surface area contributed by atoms with E-state index in [-0.39, 0.29) is 5.84 Å². The molecule has 0 unspecified atom stereocenters. The van der Waals surface area contributed by atoms with Gasteiger partial charge in [0.2, 0.25) is 0 Å². The molecule has 1 aromatic heterocycles. The van der Waals surface area contributed by atoms with Crippen LogP contribution in [0.25, 0.3) is 0 Å². The highest BCUT2D eigenvalue weighted by Gasteiger charge is 2.08. The molecule has 0 saturated heterocycles. The maximum absolute atomic E-state index is 8.74. The van der Waals surface area contributed by atoms with Crippen molar-refractivity contribution in [3.05, 3.63) is 51.7 Å². The zero-order valence-electron chi connectivity index (χ0n) is 11.9. The minimum absolute atomic E-state index is 0.0452. The SMILES string of the molecule is COc1cc(CNCCc2ccsc2)ccc1/C(N)=N/O. The first-order valence-electron chi connectivity index (χ1n) is 6.61. The number of methoxy groups -OCH3 is 1. The molecule has 1 heterocycles. The zero-order valence-corrected chi connectivity index (χ0v) is 12.7. The van der Waals surface area contributed by atoms with Gasteiger partial charge >= 0.3 is 0 Å². The summed E-state index contributed by atoms with van der Waals surface area (Å²) in [5.74, 6) is 0.645. The predicted octanol–water partition coefficient (Wildman–Crippen LogP) is 2.18. The highest BCUT2D eigenvalue weighted by Crippen LogP contribution is 2.20. The Bertz CT molecular complexity index is 597. The molecule has 0 atom stereocenters. The second kappa shape index (κ2) is 7.66. The molecule has 0 spiro atoms. The summed E-state index contributed by atoms with van der Waals surface area (Å²) in [5.41, 5.74) is 8.63. The number of amidine groups is 1. The van der Waals surface area contributed by atoms with E-state index < -0.39 is 0 Å². The predicted molar refractivity (Wildman–Crippen MR) is 85.2 cm³/mol. The molecule has 1 aromatic carbocycles. The van der Waals surface area contributed by atoms with Crippen molar-refractivity contribution in [1.29, 1.82) is 0 Å². The summed E-state index contributed by atoms with van der Waals surface area (Å²) >= 11 is 1.72. The van der Waals surface area contributed by atoms with E-state index in [2.05, 4.69) is 27.3 Å². The number of hydrogen-bond donors (Lipinski definition) is 3. The number of ether oxygens (including phenoxy) is 1. The fourth-order valence-electron chi connectivity index (χ4n) is 2.01. The highest BCUT2D eigenvalue weighted by atomic mass is 32.1. The monoisotopic (exact) mass is 305 g/mol. The Morgan fingerprint density at radius 2 is 2.24 bits per heavy atom. The number of hydrogen-bond acceptors (Lipinski definition) is 5. The Balaban J connectivity index is 1.91. The van der Waals surface area contributed by atoms with Crippen molar-refractivity contribution >= 4 is 17.2 Å². The van der Waals surface area contributed by atoms with E-state index in [0.29, 0.717) is 11.3 Å². The van der Waals surface area contributed by atoms with E-state index >= 15 is 0 Å². The molecule has 0 fully saturated rings. The van der Waals surface area contributed by atoms with Gasteiger partial charge < -0.3 is 21.0 Å². The van der Waals surface area contributed by atoms with Crippen molar-refractivity contribution < 1.29 is 9.94 Å². The molecule has 2 rings (SSSR count). The first kappa shape index (κ1) is 15.3. The molecular formula is C15H19N3O2S. The lowest BCUT2D eigenvalue weighted by Gasteiger charge is -2.10. The van der Waals surface area contributed by atoms with Crippen molar-refractivity contribution in [3.8, 4) is 5.75 Å². The molecule has 0 amide bonds. The van der Waals surface area contributed by atoms with Gasteiger partial charge in [-0.15, -0.1) is 0 Å². The molecule has 5 nitrogen and oxygen atoms in total. The highest BCUT2D eigenvalue weighted by molar-refractivity contribution is 7.07. The largest absolute Gasteiger partial charge is 0.496 e. The first-order valence-corrected chi connectivity index (χ1v) is 7.55. The van der Waals surface area contributed by atoms with Crippen molar-refractivity contribution in [1.82, 2.24) is 5.32 Å². The lowest BCUT2D eigenvalue weighted by molar-refractivity contribution is 0.318. The number of thiophene rings is 1. The Labute approximate surface area is 128 Å². The number of nitrogens with two attached hydrogens (primary N) is 1.